The van der Waals surface area contributed by atoms with Crippen LogP contribution in [0.15, 0.2) is 18.2 Å². The normalized spacial score (nSPS) is 10.8. The lowest BCUT2D eigenvalue weighted by atomic mass is 10.2. The van der Waals surface area contributed by atoms with Crippen molar-refractivity contribution in [1.29, 1.82) is 0 Å². The second-order valence-electron chi connectivity index (χ2n) is 4.24. The third kappa shape index (κ3) is 3.23. The van der Waals surface area contributed by atoms with Crippen molar-refractivity contribution in [3.63, 3.8) is 0 Å². The Labute approximate surface area is 105 Å². The van der Waals surface area contributed by atoms with Crippen LogP contribution in [-0.2, 0) is 6.54 Å². The molecule has 17 heavy (non-hydrogen) atoms. The highest BCUT2D eigenvalue weighted by atomic mass is 32.1. The van der Waals surface area contributed by atoms with Crippen LogP contribution in [-0.4, -0.2) is 14.3 Å². The fraction of sp³-hybridized carbons (Fsp3) is 0.417. The summed E-state index contributed by atoms with van der Waals surface area (Å²) in [4.78, 5) is 8.84. The molecule has 0 aliphatic heterocycles. The lowest BCUT2D eigenvalue weighted by Gasteiger charge is -2.02. The van der Waals surface area contributed by atoms with Crippen molar-refractivity contribution < 1.29 is 0 Å². The molecule has 0 unspecified atom stereocenters. The van der Waals surface area contributed by atoms with E-state index in [1.54, 1.807) is 0 Å². The average Bonchev–Trinajstić information content (AvgIpc) is 2.75. The van der Waals surface area contributed by atoms with Crippen LogP contribution < -0.4 is 5.32 Å². The molecule has 90 valence electrons. The van der Waals surface area contributed by atoms with Crippen LogP contribution in [0.2, 0.25) is 0 Å². The van der Waals surface area contributed by atoms with Crippen LogP contribution in [0.25, 0.3) is 0 Å². The van der Waals surface area contributed by atoms with E-state index in [1.165, 1.54) is 11.5 Å². The molecule has 0 aliphatic rings. The Morgan fingerprint density at radius 1 is 1.29 bits per heavy atom. The molecule has 4 nitrogen and oxygen atoms in total. The smallest absolute Gasteiger partial charge is 0.202 e. The van der Waals surface area contributed by atoms with Gasteiger partial charge in [-0.1, -0.05) is 19.9 Å². The molecular weight excluding hydrogens is 232 g/mol. The molecule has 0 saturated heterocycles. The standard InChI is InChI=1S/C12H16N4S/c1-8(2)11-15-12(17-16-11)13-7-10-6-4-5-9(3)14-10/h4-6,8H,7H2,1-3H3,(H,13,15,16). The van der Waals surface area contributed by atoms with E-state index >= 15 is 0 Å². The fourth-order valence-electron chi connectivity index (χ4n) is 1.41. The molecule has 2 heterocycles. The molecule has 5 heteroatoms. The number of aryl methyl sites for hydroxylation is 1. The molecule has 0 bridgehead atoms. The molecule has 0 amide bonds. The third-order valence-corrected chi connectivity index (χ3v) is 3.01. The molecule has 2 aromatic heterocycles. The van der Waals surface area contributed by atoms with Gasteiger partial charge in [0.25, 0.3) is 0 Å². The van der Waals surface area contributed by atoms with Crippen molar-refractivity contribution in [3.05, 3.63) is 35.4 Å². The average molecular weight is 248 g/mol. The predicted molar refractivity (Wildman–Crippen MR) is 70.3 cm³/mol. The number of pyridine rings is 1. The van der Waals surface area contributed by atoms with Gasteiger partial charge in [-0.2, -0.15) is 4.37 Å². The van der Waals surface area contributed by atoms with Crippen molar-refractivity contribution in [2.45, 2.75) is 33.2 Å². The maximum Gasteiger partial charge on any atom is 0.202 e. The van der Waals surface area contributed by atoms with Crippen LogP contribution in [0.1, 0.15) is 37.0 Å². The van der Waals surface area contributed by atoms with Gasteiger partial charge in [0.05, 0.1) is 12.2 Å². The summed E-state index contributed by atoms with van der Waals surface area (Å²) >= 11 is 1.40. The Morgan fingerprint density at radius 2 is 2.12 bits per heavy atom. The molecule has 0 saturated carbocycles. The highest BCUT2D eigenvalue weighted by Crippen LogP contribution is 2.17. The van der Waals surface area contributed by atoms with Gasteiger partial charge in [-0.3, -0.25) is 4.98 Å². The monoisotopic (exact) mass is 248 g/mol. The minimum atomic E-state index is 0.374. The maximum absolute atomic E-state index is 4.42. The second kappa shape index (κ2) is 5.23. The van der Waals surface area contributed by atoms with Gasteiger partial charge in [0.15, 0.2) is 0 Å². The quantitative estimate of drug-likeness (QED) is 0.903. The first kappa shape index (κ1) is 12.0. The third-order valence-electron chi connectivity index (χ3n) is 2.32. The topological polar surface area (TPSA) is 50.7 Å². The number of rotatable bonds is 4. The van der Waals surface area contributed by atoms with Gasteiger partial charge in [0, 0.05) is 23.1 Å². The van der Waals surface area contributed by atoms with E-state index in [-0.39, 0.29) is 0 Å². The van der Waals surface area contributed by atoms with Gasteiger partial charge in [0.1, 0.15) is 5.82 Å². The number of anilines is 1. The lowest BCUT2D eigenvalue weighted by Crippen LogP contribution is -2.02. The van der Waals surface area contributed by atoms with E-state index in [2.05, 4.69) is 33.5 Å². The van der Waals surface area contributed by atoms with Crippen molar-refractivity contribution >= 4 is 16.7 Å². The number of nitrogens with zero attached hydrogens (tertiary/aromatic N) is 3. The summed E-state index contributed by atoms with van der Waals surface area (Å²) in [7, 11) is 0. The highest BCUT2D eigenvalue weighted by molar-refractivity contribution is 7.09. The van der Waals surface area contributed by atoms with E-state index in [9.17, 15) is 0 Å². The highest BCUT2D eigenvalue weighted by Gasteiger charge is 2.07. The summed E-state index contributed by atoms with van der Waals surface area (Å²) < 4.78 is 4.29. The summed E-state index contributed by atoms with van der Waals surface area (Å²) in [5.74, 6) is 1.27. The molecule has 1 N–H and O–H groups in total. The Balaban J connectivity index is 1.97. The molecule has 0 aliphatic carbocycles. The van der Waals surface area contributed by atoms with Crippen molar-refractivity contribution in [1.82, 2.24) is 14.3 Å². The van der Waals surface area contributed by atoms with Gasteiger partial charge in [-0.05, 0) is 19.1 Å². The Bertz CT molecular complexity index is 493. The predicted octanol–water partition coefficient (Wildman–Crippen LogP) is 2.98. The summed E-state index contributed by atoms with van der Waals surface area (Å²) in [5.41, 5.74) is 2.05. The molecule has 0 atom stereocenters. The van der Waals surface area contributed by atoms with Gasteiger partial charge < -0.3 is 5.32 Å². The van der Waals surface area contributed by atoms with E-state index in [1.807, 2.05) is 25.1 Å². The lowest BCUT2D eigenvalue weighted by molar-refractivity contribution is 0.799. The maximum atomic E-state index is 4.42. The van der Waals surface area contributed by atoms with Crippen LogP contribution in [0.3, 0.4) is 0 Å². The van der Waals surface area contributed by atoms with Gasteiger partial charge >= 0.3 is 0 Å². The SMILES string of the molecule is Cc1cccc(CNc2nc(C(C)C)ns2)n1. The second-order valence-corrected chi connectivity index (χ2v) is 4.99. The number of hydrogen-bond donors (Lipinski definition) is 1. The van der Waals surface area contributed by atoms with Gasteiger partial charge in [-0.25, -0.2) is 4.98 Å². The summed E-state index contributed by atoms with van der Waals surface area (Å²) in [5, 5.41) is 4.10. The Kier molecular flexibility index (Phi) is 3.68. The summed E-state index contributed by atoms with van der Waals surface area (Å²) in [6.07, 6.45) is 0. The van der Waals surface area contributed by atoms with Crippen LogP contribution >= 0.6 is 11.5 Å². The van der Waals surface area contributed by atoms with E-state index < -0.39 is 0 Å². The van der Waals surface area contributed by atoms with Crippen LogP contribution in [0.5, 0.6) is 0 Å². The molecule has 0 radical (unpaired) electrons. The molecule has 0 aromatic carbocycles. The summed E-state index contributed by atoms with van der Waals surface area (Å²) in [6, 6.07) is 6.01. The largest absolute Gasteiger partial charge is 0.355 e. The number of nitrogens with one attached hydrogen (secondary N) is 1. The first-order chi connectivity index (χ1) is 8.15. The number of aromatic nitrogens is 3. The zero-order valence-corrected chi connectivity index (χ0v) is 11.1. The molecule has 2 rings (SSSR count). The molecule has 2 aromatic rings. The van der Waals surface area contributed by atoms with E-state index in [0.717, 1.165) is 22.3 Å². The molecular formula is C12H16N4S. The van der Waals surface area contributed by atoms with Crippen LogP contribution in [0.4, 0.5) is 5.13 Å². The minimum absolute atomic E-state index is 0.374. The van der Waals surface area contributed by atoms with Crippen molar-refractivity contribution in [2.75, 3.05) is 5.32 Å². The minimum Gasteiger partial charge on any atom is -0.355 e. The van der Waals surface area contributed by atoms with E-state index in [4.69, 9.17) is 0 Å². The Morgan fingerprint density at radius 3 is 2.76 bits per heavy atom. The van der Waals surface area contributed by atoms with Gasteiger partial charge in [0.2, 0.25) is 5.13 Å². The van der Waals surface area contributed by atoms with Crippen LogP contribution in [0, 0.1) is 6.92 Å². The van der Waals surface area contributed by atoms with E-state index in [0.29, 0.717) is 12.5 Å². The molecule has 0 fully saturated rings. The zero-order valence-electron chi connectivity index (χ0n) is 10.3. The first-order valence-electron chi connectivity index (χ1n) is 5.65. The van der Waals surface area contributed by atoms with Gasteiger partial charge in [-0.15, -0.1) is 0 Å². The van der Waals surface area contributed by atoms with Crippen molar-refractivity contribution in [2.24, 2.45) is 0 Å². The summed E-state index contributed by atoms with van der Waals surface area (Å²) in [6.45, 7) is 6.86. The number of hydrogen-bond acceptors (Lipinski definition) is 5. The first-order valence-corrected chi connectivity index (χ1v) is 6.42. The fourth-order valence-corrected chi connectivity index (χ4v) is 2.11. The Hall–Kier alpha value is -1.49. The molecule has 0 spiro atoms. The van der Waals surface area contributed by atoms with Crippen molar-refractivity contribution in [3.8, 4) is 0 Å². The zero-order chi connectivity index (χ0) is 12.3.